The minimum absolute atomic E-state index is 0.787. The third kappa shape index (κ3) is 4.09. The quantitative estimate of drug-likeness (QED) is 0.513. The van der Waals surface area contributed by atoms with Crippen molar-refractivity contribution in [1.29, 1.82) is 0 Å². The van der Waals surface area contributed by atoms with Crippen LogP contribution in [0.1, 0.15) is 17.0 Å². The summed E-state index contributed by atoms with van der Waals surface area (Å²) in [5, 5.41) is 3.43. The van der Waals surface area contributed by atoms with Crippen LogP contribution in [0.3, 0.4) is 0 Å². The number of nitrogens with one attached hydrogen (secondary N) is 1. The molecule has 0 saturated carbocycles. The van der Waals surface area contributed by atoms with Crippen LogP contribution in [-0.2, 0) is 20.0 Å². The van der Waals surface area contributed by atoms with Crippen molar-refractivity contribution in [3.05, 3.63) is 58.2 Å². The summed E-state index contributed by atoms with van der Waals surface area (Å²) in [5.41, 5.74) is 4.52. The van der Waals surface area contributed by atoms with E-state index in [1.807, 2.05) is 26.4 Å². The first-order valence-electron chi connectivity index (χ1n) is 8.63. The van der Waals surface area contributed by atoms with Gasteiger partial charge in [0.2, 0.25) is 0 Å². The molecule has 0 aliphatic carbocycles. The summed E-state index contributed by atoms with van der Waals surface area (Å²) in [7, 11) is 5.91. The fourth-order valence-electron chi connectivity index (χ4n) is 3.05. The van der Waals surface area contributed by atoms with Gasteiger partial charge in [0.15, 0.2) is 5.96 Å². The summed E-state index contributed by atoms with van der Waals surface area (Å²) >= 11 is 3.52. The molecule has 6 nitrogen and oxygen atoms in total. The molecule has 26 heavy (non-hydrogen) atoms. The molecule has 0 amide bonds. The zero-order valence-corrected chi connectivity index (χ0v) is 17.3. The van der Waals surface area contributed by atoms with Crippen LogP contribution < -0.4 is 5.32 Å². The minimum Gasteiger partial charge on any atom is -0.356 e. The molecular formula is C19H25BrN6. The number of imidazole rings is 1. The molecule has 0 radical (unpaired) electrons. The zero-order chi connectivity index (χ0) is 18.7. The Labute approximate surface area is 162 Å². The van der Waals surface area contributed by atoms with Gasteiger partial charge >= 0.3 is 0 Å². The molecule has 3 rings (SSSR count). The number of hydrogen-bond acceptors (Lipinski definition) is 2. The van der Waals surface area contributed by atoms with Crippen molar-refractivity contribution in [2.45, 2.75) is 19.9 Å². The van der Waals surface area contributed by atoms with Crippen LogP contribution in [0, 0.1) is 6.92 Å². The fourth-order valence-corrected chi connectivity index (χ4v) is 3.62. The predicted molar refractivity (Wildman–Crippen MR) is 110 cm³/mol. The van der Waals surface area contributed by atoms with Crippen molar-refractivity contribution in [2.75, 3.05) is 20.6 Å². The van der Waals surface area contributed by atoms with Gasteiger partial charge in [-0.3, -0.25) is 4.99 Å². The Bertz CT molecular complexity index is 923. The molecule has 0 aliphatic rings. The first-order valence-corrected chi connectivity index (χ1v) is 9.43. The Morgan fingerprint density at radius 2 is 2.19 bits per heavy atom. The molecule has 0 spiro atoms. The Balaban J connectivity index is 1.58. The predicted octanol–water partition coefficient (Wildman–Crippen LogP) is 2.99. The van der Waals surface area contributed by atoms with E-state index in [4.69, 9.17) is 4.98 Å². The maximum absolute atomic E-state index is 4.72. The van der Waals surface area contributed by atoms with Gasteiger partial charge in [-0.25, -0.2) is 4.98 Å². The van der Waals surface area contributed by atoms with Gasteiger partial charge in [0.25, 0.3) is 0 Å². The lowest BCUT2D eigenvalue weighted by molar-refractivity contribution is 0.462. The molecule has 3 aromatic rings. The molecule has 138 valence electrons. The number of pyridine rings is 1. The van der Waals surface area contributed by atoms with Crippen LogP contribution in [0.2, 0.25) is 0 Å². The van der Waals surface area contributed by atoms with Gasteiger partial charge in [0.1, 0.15) is 5.65 Å². The number of hydrogen-bond donors (Lipinski definition) is 1. The standard InChI is InChI=1S/C19H25BrN6/c1-14-6-5-9-26-12-16(23-18(14)26)7-8-22-19(21-2)25(4)13-17-10-15(20)11-24(17)3/h5-6,9-12H,7-8,13H2,1-4H3,(H,21,22). The molecule has 0 unspecified atom stereocenters. The number of aliphatic imine (C=N–C) groups is 1. The topological polar surface area (TPSA) is 49.9 Å². The average molecular weight is 417 g/mol. The molecule has 3 heterocycles. The first-order chi connectivity index (χ1) is 12.5. The van der Waals surface area contributed by atoms with Gasteiger partial charge in [0, 0.05) is 62.9 Å². The number of guanidine groups is 1. The van der Waals surface area contributed by atoms with Crippen molar-refractivity contribution < 1.29 is 0 Å². The summed E-state index contributed by atoms with van der Waals surface area (Å²) < 4.78 is 5.29. The highest BCUT2D eigenvalue weighted by Gasteiger charge is 2.10. The lowest BCUT2D eigenvalue weighted by Crippen LogP contribution is -2.39. The van der Waals surface area contributed by atoms with Crippen molar-refractivity contribution >= 4 is 27.5 Å². The monoisotopic (exact) mass is 416 g/mol. The van der Waals surface area contributed by atoms with E-state index in [9.17, 15) is 0 Å². The van der Waals surface area contributed by atoms with Crippen LogP contribution in [0.25, 0.3) is 5.65 Å². The molecule has 7 heteroatoms. The number of aryl methyl sites for hydroxylation is 2. The van der Waals surface area contributed by atoms with Crippen LogP contribution >= 0.6 is 15.9 Å². The maximum atomic E-state index is 4.72. The zero-order valence-electron chi connectivity index (χ0n) is 15.7. The van der Waals surface area contributed by atoms with E-state index in [-0.39, 0.29) is 0 Å². The van der Waals surface area contributed by atoms with Gasteiger partial charge in [0.05, 0.1) is 12.2 Å². The Kier molecular flexibility index (Phi) is 5.66. The molecule has 0 aromatic carbocycles. The lowest BCUT2D eigenvalue weighted by Gasteiger charge is -2.22. The van der Waals surface area contributed by atoms with Gasteiger partial charge in [-0.05, 0) is 40.5 Å². The number of nitrogens with zero attached hydrogens (tertiary/aromatic N) is 5. The Morgan fingerprint density at radius 3 is 2.85 bits per heavy atom. The highest BCUT2D eigenvalue weighted by Crippen LogP contribution is 2.15. The van der Waals surface area contributed by atoms with Crippen molar-refractivity contribution in [1.82, 2.24) is 24.2 Å². The lowest BCUT2D eigenvalue weighted by atomic mass is 10.3. The summed E-state index contributed by atoms with van der Waals surface area (Å²) in [6.07, 6.45) is 7.05. The van der Waals surface area contributed by atoms with Crippen LogP contribution in [0.5, 0.6) is 0 Å². The first kappa shape index (κ1) is 18.5. The third-order valence-electron chi connectivity index (χ3n) is 4.44. The third-order valence-corrected chi connectivity index (χ3v) is 4.87. The average Bonchev–Trinajstić information content (AvgIpc) is 3.15. The molecule has 0 bridgehead atoms. The SMILES string of the molecule is CN=C(NCCc1cn2cccc(C)c2n1)N(C)Cc1cc(Br)cn1C. The fraction of sp³-hybridized carbons (Fsp3) is 0.368. The van der Waals surface area contributed by atoms with Crippen LogP contribution in [0.4, 0.5) is 0 Å². The second-order valence-electron chi connectivity index (χ2n) is 6.49. The number of aromatic nitrogens is 3. The summed E-state index contributed by atoms with van der Waals surface area (Å²) in [5.74, 6) is 0.877. The van der Waals surface area contributed by atoms with Gasteiger partial charge in [-0.1, -0.05) is 6.07 Å². The molecule has 0 atom stereocenters. The van der Waals surface area contributed by atoms with Gasteiger partial charge in [-0.2, -0.15) is 0 Å². The minimum atomic E-state index is 0.787. The van der Waals surface area contributed by atoms with Crippen molar-refractivity contribution in [3.63, 3.8) is 0 Å². The number of rotatable bonds is 5. The Morgan fingerprint density at radius 1 is 1.38 bits per heavy atom. The maximum Gasteiger partial charge on any atom is 0.193 e. The molecular weight excluding hydrogens is 392 g/mol. The van der Waals surface area contributed by atoms with Crippen LogP contribution in [0.15, 0.2) is 46.3 Å². The van der Waals surface area contributed by atoms with E-state index < -0.39 is 0 Å². The molecule has 1 N–H and O–H groups in total. The molecule has 0 aliphatic heterocycles. The largest absolute Gasteiger partial charge is 0.356 e. The molecule has 0 saturated heterocycles. The second kappa shape index (κ2) is 7.95. The van der Waals surface area contributed by atoms with Crippen LogP contribution in [-0.4, -0.2) is 45.5 Å². The summed E-state index contributed by atoms with van der Waals surface area (Å²) in [6, 6.07) is 6.26. The van der Waals surface area contributed by atoms with E-state index in [1.54, 1.807) is 0 Å². The van der Waals surface area contributed by atoms with E-state index in [2.05, 4.69) is 78.6 Å². The number of halogens is 1. The summed E-state index contributed by atoms with van der Waals surface area (Å²) in [6.45, 7) is 3.66. The highest BCUT2D eigenvalue weighted by molar-refractivity contribution is 9.10. The second-order valence-corrected chi connectivity index (χ2v) is 7.41. The highest BCUT2D eigenvalue weighted by atomic mass is 79.9. The normalized spacial score (nSPS) is 12.0. The smallest absolute Gasteiger partial charge is 0.193 e. The summed E-state index contributed by atoms with van der Waals surface area (Å²) in [4.78, 5) is 11.2. The van der Waals surface area contributed by atoms with Gasteiger partial charge < -0.3 is 19.2 Å². The number of fused-ring (bicyclic) bond motifs is 1. The van der Waals surface area contributed by atoms with Crippen molar-refractivity contribution in [3.8, 4) is 0 Å². The Hall–Kier alpha value is -2.28. The van der Waals surface area contributed by atoms with Crippen molar-refractivity contribution in [2.24, 2.45) is 12.0 Å². The van der Waals surface area contributed by atoms with E-state index in [1.165, 1.54) is 11.3 Å². The molecule has 0 fully saturated rings. The molecule has 3 aromatic heterocycles. The van der Waals surface area contributed by atoms with E-state index in [0.717, 1.165) is 41.3 Å². The van der Waals surface area contributed by atoms with E-state index >= 15 is 0 Å². The van der Waals surface area contributed by atoms with E-state index in [0.29, 0.717) is 0 Å². The van der Waals surface area contributed by atoms with Gasteiger partial charge in [-0.15, -0.1) is 0 Å².